The Hall–Kier alpha value is -2.55. The molecule has 0 aliphatic carbocycles. The molecule has 0 aliphatic heterocycles. The SMILES string of the molecule is CCNC(=NCc1cn(C)nc1C(F)(F)F)NCCC(C)N(C)Cc1ccccc1. The van der Waals surface area contributed by atoms with Gasteiger partial charge in [0.05, 0.1) is 6.54 Å². The predicted octanol–water partition coefficient (Wildman–Crippen LogP) is 3.40. The van der Waals surface area contributed by atoms with E-state index in [1.165, 1.54) is 18.8 Å². The normalized spacial score (nSPS) is 13.5. The van der Waals surface area contributed by atoms with Crippen LogP contribution in [0.2, 0.25) is 0 Å². The van der Waals surface area contributed by atoms with Crippen LogP contribution < -0.4 is 10.6 Å². The third kappa shape index (κ3) is 7.37. The predicted molar refractivity (Wildman–Crippen MR) is 113 cm³/mol. The molecule has 166 valence electrons. The number of nitrogens with zero attached hydrogens (tertiary/aromatic N) is 4. The van der Waals surface area contributed by atoms with Gasteiger partial charge in [-0.3, -0.25) is 9.58 Å². The Morgan fingerprint density at radius 3 is 2.57 bits per heavy atom. The lowest BCUT2D eigenvalue weighted by molar-refractivity contribution is -0.142. The van der Waals surface area contributed by atoms with Gasteiger partial charge in [-0.2, -0.15) is 18.3 Å². The summed E-state index contributed by atoms with van der Waals surface area (Å²) in [7, 11) is 3.55. The smallest absolute Gasteiger partial charge is 0.357 e. The summed E-state index contributed by atoms with van der Waals surface area (Å²) in [5, 5.41) is 9.81. The maximum absolute atomic E-state index is 13.1. The lowest BCUT2D eigenvalue weighted by atomic mass is 10.1. The van der Waals surface area contributed by atoms with Crippen LogP contribution in [0.15, 0.2) is 41.5 Å². The van der Waals surface area contributed by atoms with E-state index in [2.05, 4.69) is 51.7 Å². The van der Waals surface area contributed by atoms with Crippen molar-refractivity contribution in [1.29, 1.82) is 0 Å². The molecule has 2 N–H and O–H groups in total. The van der Waals surface area contributed by atoms with Crippen molar-refractivity contribution >= 4 is 5.96 Å². The van der Waals surface area contributed by atoms with Crippen LogP contribution in [-0.4, -0.2) is 46.8 Å². The maximum atomic E-state index is 13.1. The van der Waals surface area contributed by atoms with Crippen LogP contribution in [0.25, 0.3) is 0 Å². The Labute approximate surface area is 176 Å². The van der Waals surface area contributed by atoms with E-state index in [9.17, 15) is 13.2 Å². The second-order valence-electron chi connectivity index (χ2n) is 7.33. The lowest BCUT2D eigenvalue weighted by Gasteiger charge is -2.25. The molecule has 2 rings (SSSR count). The van der Waals surface area contributed by atoms with Crippen LogP contribution in [0.3, 0.4) is 0 Å². The summed E-state index contributed by atoms with van der Waals surface area (Å²) in [6.45, 7) is 6.11. The van der Waals surface area contributed by atoms with Crippen LogP contribution in [0.4, 0.5) is 13.2 Å². The zero-order chi connectivity index (χ0) is 22.1. The van der Waals surface area contributed by atoms with E-state index in [-0.39, 0.29) is 12.1 Å². The third-order valence-electron chi connectivity index (χ3n) is 4.81. The molecule has 0 saturated heterocycles. The van der Waals surface area contributed by atoms with Crippen molar-refractivity contribution in [2.24, 2.45) is 12.0 Å². The van der Waals surface area contributed by atoms with E-state index in [0.717, 1.165) is 17.6 Å². The van der Waals surface area contributed by atoms with E-state index < -0.39 is 11.9 Å². The van der Waals surface area contributed by atoms with Crippen molar-refractivity contribution in [3.8, 4) is 0 Å². The van der Waals surface area contributed by atoms with Gasteiger partial charge in [0.2, 0.25) is 0 Å². The van der Waals surface area contributed by atoms with E-state index in [4.69, 9.17) is 0 Å². The zero-order valence-electron chi connectivity index (χ0n) is 18.0. The molecule has 1 aromatic heterocycles. The number of hydrogen-bond donors (Lipinski definition) is 2. The Morgan fingerprint density at radius 1 is 1.23 bits per heavy atom. The van der Waals surface area contributed by atoms with Crippen LogP contribution in [0.5, 0.6) is 0 Å². The lowest BCUT2D eigenvalue weighted by Crippen LogP contribution is -2.40. The first-order chi connectivity index (χ1) is 14.2. The highest BCUT2D eigenvalue weighted by Crippen LogP contribution is 2.30. The van der Waals surface area contributed by atoms with Gasteiger partial charge >= 0.3 is 6.18 Å². The number of aryl methyl sites for hydroxylation is 1. The molecule has 0 bridgehead atoms. The number of benzene rings is 1. The number of aromatic nitrogens is 2. The number of rotatable bonds is 9. The van der Waals surface area contributed by atoms with Crippen molar-refractivity contribution < 1.29 is 13.2 Å². The summed E-state index contributed by atoms with van der Waals surface area (Å²) in [5.41, 5.74) is 0.422. The van der Waals surface area contributed by atoms with E-state index in [1.807, 2.05) is 25.1 Å². The van der Waals surface area contributed by atoms with Crippen LogP contribution >= 0.6 is 0 Å². The topological polar surface area (TPSA) is 57.5 Å². The number of nitrogens with one attached hydrogen (secondary N) is 2. The van der Waals surface area contributed by atoms with Crippen molar-refractivity contribution in [2.75, 3.05) is 20.1 Å². The summed E-state index contributed by atoms with van der Waals surface area (Å²) >= 11 is 0. The molecule has 1 unspecified atom stereocenters. The fourth-order valence-corrected chi connectivity index (χ4v) is 3.05. The summed E-state index contributed by atoms with van der Waals surface area (Å²) in [6, 6.07) is 10.6. The second kappa shape index (κ2) is 11.0. The minimum Gasteiger partial charge on any atom is -0.357 e. The molecule has 0 saturated carbocycles. The highest BCUT2D eigenvalue weighted by molar-refractivity contribution is 5.79. The molecular weight excluding hydrogens is 393 g/mol. The molecule has 30 heavy (non-hydrogen) atoms. The standard InChI is InChI=1S/C21H31F3N6/c1-5-25-20(27-13-18-15-30(4)28-19(18)21(22,23)24)26-12-11-16(2)29(3)14-17-9-7-6-8-10-17/h6-10,15-16H,5,11-14H2,1-4H3,(H2,25,26,27). The van der Waals surface area contributed by atoms with Gasteiger partial charge in [0.1, 0.15) is 0 Å². The molecule has 2 aromatic rings. The first-order valence-corrected chi connectivity index (χ1v) is 10.1. The zero-order valence-corrected chi connectivity index (χ0v) is 18.0. The van der Waals surface area contributed by atoms with Crippen molar-refractivity contribution in [2.45, 2.75) is 45.6 Å². The molecule has 0 spiro atoms. The number of hydrogen-bond acceptors (Lipinski definition) is 3. The molecule has 9 heteroatoms. The van der Waals surface area contributed by atoms with E-state index >= 15 is 0 Å². The second-order valence-corrected chi connectivity index (χ2v) is 7.33. The maximum Gasteiger partial charge on any atom is 0.435 e. The van der Waals surface area contributed by atoms with E-state index in [1.54, 1.807) is 0 Å². The number of alkyl halides is 3. The Kier molecular flexibility index (Phi) is 8.71. The van der Waals surface area contributed by atoms with E-state index in [0.29, 0.717) is 25.1 Å². The molecule has 1 aromatic carbocycles. The monoisotopic (exact) mass is 424 g/mol. The Balaban J connectivity index is 1.89. The molecule has 0 amide bonds. The molecule has 0 aliphatic rings. The van der Waals surface area contributed by atoms with Gasteiger partial charge in [-0.05, 0) is 32.9 Å². The molecule has 1 atom stereocenters. The van der Waals surface area contributed by atoms with Gasteiger partial charge in [0.15, 0.2) is 11.7 Å². The number of aliphatic imine (C=N–C) groups is 1. The highest BCUT2D eigenvalue weighted by Gasteiger charge is 2.36. The quantitative estimate of drug-likeness (QED) is 0.479. The minimum absolute atomic E-state index is 0.0539. The summed E-state index contributed by atoms with van der Waals surface area (Å²) in [5.74, 6) is 0.493. The Bertz CT molecular complexity index is 801. The fraction of sp³-hybridized carbons (Fsp3) is 0.524. The number of halogens is 3. The van der Waals surface area contributed by atoms with Crippen LogP contribution in [0.1, 0.15) is 37.1 Å². The fourth-order valence-electron chi connectivity index (χ4n) is 3.05. The number of guanidine groups is 1. The van der Waals surface area contributed by atoms with Crippen molar-refractivity contribution in [3.05, 3.63) is 53.3 Å². The molecule has 1 heterocycles. The first kappa shape index (κ1) is 23.7. The minimum atomic E-state index is -4.49. The molecule has 0 fully saturated rings. The van der Waals surface area contributed by atoms with Gasteiger partial charge in [-0.1, -0.05) is 30.3 Å². The summed E-state index contributed by atoms with van der Waals surface area (Å²) < 4.78 is 40.5. The molecule has 6 nitrogen and oxygen atoms in total. The van der Waals surface area contributed by atoms with Crippen molar-refractivity contribution in [1.82, 2.24) is 25.3 Å². The molecule has 0 radical (unpaired) electrons. The molecular formula is C21H31F3N6. The third-order valence-corrected chi connectivity index (χ3v) is 4.81. The summed E-state index contributed by atoms with van der Waals surface area (Å²) in [6.07, 6.45) is -2.26. The largest absolute Gasteiger partial charge is 0.435 e. The van der Waals surface area contributed by atoms with Crippen molar-refractivity contribution in [3.63, 3.8) is 0 Å². The van der Waals surface area contributed by atoms with Gasteiger partial charge in [-0.15, -0.1) is 0 Å². The van der Waals surface area contributed by atoms with Crippen LogP contribution in [-0.2, 0) is 26.3 Å². The average molecular weight is 425 g/mol. The van der Waals surface area contributed by atoms with Crippen LogP contribution in [0, 0.1) is 0 Å². The first-order valence-electron chi connectivity index (χ1n) is 10.1. The van der Waals surface area contributed by atoms with Gasteiger partial charge in [0.25, 0.3) is 0 Å². The van der Waals surface area contributed by atoms with Gasteiger partial charge < -0.3 is 10.6 Å². The summed E-state index contributed by atoms with van der Waals surface area (Å²) in [4.78, 5) is 6.58. The van der Waals surface area contributed by atoms with Gasteiger partial charge in [0, 0.05) is 44.5 Å². The average Bonchev–Trinajstić information content (AvgIpc) is 3.08. The van der Waals surface area contributed by atoms with Gasteiger partial charge in [-0.25, -0.2) is 4.99 Å². The Morgan fingerprint density at radius 2 is 1.93 bits per heavy atom. The highest BCUT2D eigenvalue weighted by atomic mass is 19.4.